The number of carbonyl (C=O) groups is 1. The average Bonchev–Trinajstić information content (AvgIpc) is 3.15. The molecule has 4 rings (SSSR count). The van der Waals surface area contributed by atoms with Crippen molar-refractivity contribution in [2.75, 3.05) is 0 Å². The molecule has 138 valence electrons. The molecule has 0 saturated carbocycles. The van der Waals surface area contributed by atoms with E-state index >= 15 is 0 Å². The van der Waals surface area contributed by atoms with Crippen LogP contribution in [0, 0.1) is 0 Å². The van der Waals surface area contributed by atoms with Crippen LogP contribution in [0.4, 0.5) is 0 Å². The topological polar surface area (TPSA) is 61.0 Å². The highest BCUT2D eigenvalue weighted by Gasteiger charge is 2.32. The number of amides is 1. The van der Waals surface area contributed by atoms with E-state index in [2.05, 4.69) is 32.3 Å². The summed E-state index contributed by atoms with van der Waals surface area (Å²) in [5.41, 5.74) is 4.29. The lowest BCUT2D eigenvalue weighted by Crippen LogP contribution is -2.49. The van der Waals surface area contributed by atoms with Crippen molar-refractivity contribution in [3.05, 3.63) is 88.5 Å². The second-order valence-corrected chi connectivity index (χ2v) is 7.22. The normalized spacial score (nSPS) is 16.7. The first-order chi connectivity index (χ1) is 13.2. The van der Waals surface area contributed by atoms with Gasteiger partial charge in [0.25, 0.3) is 0 Å². The maximum atomic E-state index is 13.0. The molecule has 0 aliphatic carbocycles. The van der Waals surface area contributed by atoms with Crippen LogP contribution < -0.4 is 5.32 Å². The van der Waals surface area contributed by atoms with Crippen LogP contribution in [0.2, 0.25) is 5.02 Å². The van der Waals surface area contributed by atoms with Crippen molar-refractivity contribution in [1.82, 2.24) is 20.2 Å². The van der Waals surface area contributed by atoms with Gasteiger partial charge in [-0.05, 0) is 23.3 Å². The first kappa shape index (κ1) is 17.8. The molecule has 2 heterocycles. The van der Waals surface area contributed by atoms with E-state index in [0.717, 1.165) is 23.5 Å². The van der Waals surface area contributed by atoms with E-state index in [-0.39, 0.29) is 11.9 Å². The molecule has 6 heteroatoms. The molecular weight excluding hydrogens is 360 g/mol. The standard InChI is InChI=1S/C21H21ClN4O/c22-17-8-6-15(7-9-17)11-23-21(27)20-10-18-19(25-14-24-18)13-26(20)12-16-4-2-1-3-5-16/h1-9,14,20H,10-13H2,(H,23,27)(H,24,25)/t20-/m0/s1. The Morgan fingerprint density at radius 1 is 1.15 bits per heavy atom. The summed E-state index contributed by atoms with van der Waals surface area (Å²) in [6, 6.07) is 17.5. The van der Waals surface area contributed by atoms with Gasteiger partial charge in [-0.1, -0.05) is 54.1 Å². The largest absolute Gasteiger partial charge is 0.351 e. The molecular formula is C21H21ClN4O. The summed E-state index contributed by atoms with van der Waals surface area (Å²) in [6.45, 7) is 1.89. The fourth-order valence-electron chi connectivity index (χ4n) is 3.44. The Kier molecular flexibility index (Phi) is 5.23. The van der Waals surface area contributed by atoms with Crippen molar-refractivity contribution in [3.8, 4) is 0 Å². The Balaban J connectivity index is 1.48. The summed E-state index contributed by atoms with van der Waals surface area (Å²) >= 11 is 5.93. The number of H-pyrrole nitrogens is 1. The fourth-order valence-corrected chi connectivity index (χ4v) is 3.57. The van der Waals surface area contributed by atoms with Crippen LogP contribution in [0.3, 0.4) is 0 Å². The molecule has 1 aromatic heterocycles. The lowest BCUT2D eigenvalue weighted by Gasteiger charge is -2.34. The Hall–Kier alpha value is -2.63. The summed E-state index contributed by atoms with van der Waals surface area (Å²) in [6.07, 6.45) is 2.32. The Bertz CT molecular complexity index is 907. The third-order valence-electron chi connectivity index (χ3n) is 4.91. The first-order valence-electron chi connectivity index (χ1n) is 9.00. The van der Waals surface area contributed by atoms with Crippen molar-refractivity contribution >= 4 is 17.5 Å². The molecule has 1 aliphatic heterocycles. The number of benzene rings is 2. The third kappa shape index (κ3) is 4.21. The fraction of sp³-hybridized carbons (Fsp3) is 0.238. The lowest BCUT2D eigenvalue weighted by atomic mass is 10.0. The highest BCUT2D eigenvalue weighted by molar-refractivity contribution is 6.30. The van der Waals surface area contributed by atoms with Gasteiger partial charge < -0.3 is 10.3 Å². The molecule has 0 fully saturated rings. The third-order valence-corrected chi connectivity index (χ3v) is 5.16. The van der Waals surface area contributed by atoms with Gasteiger partial charge >= 0.3 is 0 Å². The van der Waals surface area contributed by atoms with Crippen LogP contribution in [0.25, 0.3) is 0 Å². The van der Waals surface area contributed by atoms with Crippen LogP contribution >= 0.6 is 11.6 Å². The number of hydrogen-bond acceptors (Lipinski definition) is 3. The Morgan fingerprint density at radius 2 is 1.93 bits per heavy atom. The Morgan fingerprint density at radius 3 is 2.70 bits per heavy atom. The van der Waals surface area contributed by atoms with Gasteiger partial charge in [-0.15, -0.1) is 0 Å². The number of hydrogen-bond donors (Lipinski definition) is 2. The summed E-state index contributed by atoms with van der Waals surface area (Å²) in [7, 11) is 0. The number of aromatic amines is 1. The molecule has 0 unspecified atom stereocenters. The van der Waals surface area contributed by atoms with E-state index in [4.69, 9.17) is 11.6 Å². The van der Waals surface area contributed by atoms with Gasteiger partial charge in [0.1, 0.15) is 0 Å². The van der Waals surface area contributed by atoms with Gasteiger partial charge in [0.05, 0.1) is 23.8 Å². The van der Waals surface area contributed by atoms with E-state index < -0.39 is 0 Å². The van der Waals surface area contributed by atoms with Crippen LogP contribution in [0.1, 0.15) is 22.5 Å². The lowest BCUT2D eigenvalue weighted by molar-refractivity contribution is -0.127. The first-order valence-corrected chi connectivity index (χ1v) is 9.38. The van der Waals surface area contributed by atoms with Crippen molar-refractivity contribution in [2.45, 2.75) is 32.1 Å². The van der Waals surface area contributed by atoms with E-state index in [1.807, 2.05) is 42.5 Å². The van der Waals surface area contributed by atoms with Crippen LogP contribution in [0.15, 0.2) is 60.9 Å². The van der Waals surface area contributed by atoms with Gasteiger partial charge in [-0.2, -0.15) is 0 Å². The number of nitrogens with one attached hydrogen (secondary N) is 2. The molecule has 1 atom stereocenters. The minimum Gasteiger partial charge on any atom is -0.351 e. The van der Waals surface area contributed by atoms with Gasteiger partial charge in [0, 0.05) is 31.1 Å². The van der Waals surface area contributed by atoms with Crippen molar-refractivity contribution in [2.24, 2.45) is 0 Å². The maximum Gasteiger partial charge on any atom is 0.238 e. The quantitative estimate of drug-likeness (QED) is 0.714. The van der Waals surface area contributed by atoms with Crippen LogP contribution in [-0.2, 0) is 30.8 Å². The highest BCUT2D eigenvalue weighted by Crippen LogP contribution is 2.23. The van der Waals surface area contributed by atoms with Crippen molar-refractivity contribution < 1.29 is 4.79 Å². The zero-order chi connectivity index (χ0) is 18.6. The van der Waals surface area contributed by atoms with Gasteiger partial charge in [0.15, 0.2) is 0 Å². The molecule has 0 radical (unpaired) electrons. The van der Waals surface area contributed by atoms with Crippen molar-refractivity contribution in [3.63, 3.8) is 0 Å². The van der Waals surface area contributed by atoms with Crippen LogP contribution in [-0.4, -0.2) is 26.8 Å². The number of fused-ring (bicyclic) bond motifs is 1. The summed E-state index contributed by atoms with van der Waals surface area (Å²) in [5.74, 6) is 0.0227. The highest BCUT2D eigenvalue weighted by atomic mass is 35.5. The van der Waals surface area contributed by atoms with E-state index in [9.17, 15) is 4.79 Å². The predicted octanol–water partition coefficient (Wildman–Crippen LogP) is 3.31. The molecule has 0 spiro atoms. The van der Waals surface area contributed by atoms with Crippen molar-refractivity contribution in [1.29, 1.82) is 0 Å². The summed E-state index contributed by atoms with van der Waals surface area (Å²) < 4.78 is 0. The summed E-state index contributed by atoms with van der Waals surface area (Å²) in [5, 5.41) is 3.76. The number of nitrogens with zero attached hydrogens (tertiary/aromatic N) is 2. The number of imidazole rings is 1. The number of rotatable bonds is 5. The second-order valence-electron chi connectivity index (χ2n) is 6.78. The zero-order valence-corrected chi connectivity index (χ0v) is 15.6. The van der Waals surface area contributed by atoms with E-state index in [0.29, 0.717) is 24.5 Å². The van der Waals surface area contributed by atoms with Gasteiger partial charge in [-0.25, -0.2) is 4.98 Å². The molecule has 5 nitrogen and oxygen atoms in total. The number of aromatic nitrogens is 2. The zero-order valence-electron chi connectivity index (χ0n) is 14.9. The van der Waals surface area contributed by atoms with Gasteiger partial charge in [0.2, 0.25) is 5.91 Å². The SMILES string of the molecule is O=C(NCc1ccc(Cl)cc1)[C@@H]1Cc2nc[nH]c2CN1Cc1ccccc1. The van der Waals surface area contributed by atoms with Crippen LogP contribution in [0.5, 0.6) is 0 Å². The molecule has 2 N–H and O–H groups in total. The molecule has 2 aromatic carbocycles. The smallest absolute Gasteiger partial charge is 0.238 e. The minimum absolute atomic E-state index is 0.0227. The molecule has 1 aliphatic rings. The molecule has 3 aromatic rings. The Labute approximate surface area is 163 Å². The molecule has 0 saturated heterocycles. The average molecular weight is 381 g/mol. The van der Waals surface area contributed by atoms with Gasteiger partial charge in [-0.3, -0.25) is 9.69 Å². The number of carbonyl (C=O) groups excluding carboxylic acids is 1. The molecule has 0 bridgehead atoms. The molecule has 1 amide bonds. The second kappa shape index (κ2) is 7.94. The predicted molar refractivity (Wildman–Crippen MR) is 105 cm³/mol. The summed E-state index contributed by atoms with van der Waals surface area (Å²) in [4.78, 5) is 22.7. The number of halogens is 1. The van der Waals surface area contributed by atoms with E-state index in [1.54, 1.807) is 6.33 Å². The minimum atomic E-state index is -0.242. The molecule has 27 heavy (non-hydrogen) atoms. The maximum absolute atomic E-state index is 13.0. The monoisotopic (exact) mass is 380 g/mol. The van der Waals surface area contributed by atoms with E-state index in [1.165, 1.54) is 5.56 Å².